The largest absolute Gasteiger partial charge is 0.0942 e. The van der Waals surface area contributed by atoms with Gasteiger partial charge in [0.1, 0.15) is 0 Å². The van der Waals surface area contributed by atoms with Crippen molar-refractivity contribution in [2.75, 3.05) is 5.75 Å². The molecular formula is C6H13S. The zero-order valence-electron chi connectivity index (χ0n) is 5.11. The van der Waals surface area contributed by atoms with Gasteiger partial charge in [-0.15, -0.1) is 0 Å². The van der Waals surface area contributed by atoms with Crippen LogP contribution < -0.4 is 0 Å². The summed E-state index contributed by atoms with van der Waals surface area (Å²) in [7, 11) is 0. The van der Waals surface area contributed by atoms with Gasteiger partial charge in [0.05, 0.1) is 0 Å². The summed E-state index contributed by atoms with van der Waals surface area (Å²) in [5.41, 5.74) is 0. The fourth-order valence-corrected chi connectivity index (χ4v) is 0.658. The average molecular weight is 117 g/mol. The van der Waals surface area contributed by atoms with Crippen LogP contribution in [0.1, 0.15) is 26.7 Å². The lowest BCUT2D eigenvalue weighted by atomic mass is 10.1. The second-order valence-electron chi connectivity index (χ2n) is 2.24. The Balaban J connectivity index is 2.68. The van der Waals surface area contributed by atoms with Gasteiger partial charge in [-0.25, -0.2) is 0 Å². The first-order valence-electron chi connectivity index (χ1n) is 2.85. The molecule has 0 nitrogen and oxygen atoms in total. The summed E-state index contributed by atoms with van der Waals surface area (Å²) in [6, 6.07) is 0. The van der Waals surface area contributed by atoms with E-state index in [0.29, 0.717) is 0 Å². The summed E-state index contributed by atoms with van der Waals surface area (Å²) >= 11 is 4.77. The van der Waals surface area contributed by atoms with Gasteiger partial charge < -0.3 is 0 Å². The van der Waals surface area contributed by atoms with Crippen molar-refractivity contribution in [1.82, 2.24) is 0 Å². The van der Waals surface area contributed by atoms with Crippen molar-refractivity contribution in [2.45, 2.75) is 26.7 Å². The Hall–Kier alpha value is 0.350. The first-order chi connectivity index (χ1) is 3.27. The molecule has 0 bridgehead atoms. The van der Waals surface area contributed by atoms with Crippen LogP contribution in [0.3, 0.4) is 0 Å². The van der Waals surface area contributed by atoms with E-state index in [-0.39, 0.29) is 0 Å². The predicted octanol–water partition coefficient (Wildman–Crippen LogP) is 2.62. The first-order valence-corrected chi connectivity index (χ1v) is 3.43. The summed E-state index contributed by atoms with van der Waals surface area (Å²) in [6.45, 7) is 4.45. The quantitative estimate of drug-likeness (QED) is 0.533. The Kier molecular flexibility index (Phi) is 4.73. The minimum absolute atomic E-state index is 0.836. The van der Waals surface area contributed by atoms with Crippen LogP contribution in [0.2, 0.25) is 0 Å². The molecule has 7 heavy (non-hydrogen) atoms. The molecule has 0 saturated heterocycles. The molecule has 0 aromatic carbocycles. The van der Waals surface area contributed by atoms with Gasteiger partial charge in [-0.1, -0.05) is 32.9 Å². The van der Waals surface area contributed by atoms with Crippen LogP contribution in [0.4, 0.5) is 0 Å². The topological polar surface area (TPSA) is 0 Å². The van der Waals surface area contributed by atoms with E-state index >= 15 is 0 Å². The van der Waals surface area contributed by atoms with Crippen molar-refractivity contribution >= 4 is 12.6 Å². The van der Waals surface area contributed by atoms with Gasteiger partial charge in [0.25, 0.3) is 0 Å². The molecule has 0 N–H and O–H groups in total. The Bertz CT molecular complexity index is 33.2. The van der Waals surface area contributed by atoms with E-state index < -0.39 is 0 Å². The maximum absolute atomic E-state index is 4.77. The SMILES string of the molecule is CC(C)CCC[S]. The molecule has 0 amide bonds. The van der Waals surface area contributed by atoms with E-state index in [0.717, 1.165) is 11.7 Å². The summed E-state index contributed by atoms with van der Waals surface area (Å²) in [4.78, 5) is 0. The van der Waals surface area contributed by atoms with Crippen LogP contribution in [0.5, 0.6) is 0 Å². The Morgan fingerprint density at radius 1 is 1.43 bits per heavy atom. The zero-order chi connectivity index (χ0) is 5.70. The van der Waals surface area contributed by atoms with E-state index in [1.54, 1.807) is 0 Å². The van der Waals surface area contributed by atoms with Crippen LogP contribution in [0.25, 0.3) is 0 Å². The molecule has 0 aliphatic rings. The highest BCUT2D eigenvalue weighted by atomic mass is 32.1. The summed E-state index contributed by atoms with van der Waals surface area (Å²) < 4.78 is 0. The van der Waals surface area contributed by atoms with E-state index in [4.69, 9.17) is 12.6 Å². The molecule has 0 aromatic heterocycles. The van der Waals surface area contributed by atoms with E-state index in [1.807, 2.05) is 0 Å². The second-order valence-corrected chi connectivity index (χ2v) is 2.65. The third kappa shape index (κ3) is 6.35. The number of hydrogen-bond acceptors (Lipinski definition) is 0. The monoisotopic (exact) mass is 117 g/mol. The van der Waals surface area contributed by atoms with Crippen molar-refractivity contribution in [1.29, 1.82) is 0 Å². The van der Waals surface area contributed by atoms with Crippen LogP contribution in [-0.4, -0.2) is 5.75 Å². The lowest BCUT2D eigenvalue weighted by Crippen LogP contribution is -1.85. The Labute approximate surface area is 51.7 Å². The smallest absolute Gasteiger partial charge is 0.00370 e. The molecule has 0 aromatic rings. The maximum atomic E-state index is 4.77. The fraction of sp³-hybridized carbons (Fsp3) is 1.00. The van der Waals surface area contributed by atoms with Gasteiger partial charge in [-0.05, 0) is 12.3 Å². The molecular weight excluding hydrogens is 104 g/mol. The molecule has 0 fully saturated rings. The van der Waals surface area contributed by atoms with Crippen LogP contribution in [0, 0.1) is 5.92 Å². The molecule has 0 unspecified atom stereocenters. The van der Waals surface area contributed by atoms with Crippen LogP contribution >= 0.6 is 12.6 Å². The van der Waals surface area contributed by atoms with Crippen molar-refractivity contribution in [3.8, 4) is 0 Å². The molecule has 1 radical (unpaired) electrons. The van der Waals surface area contributed by atoms with Crippen molar-refractivity contribution in [2.24, 2.45) is 5.92 Å². The highest BCUT2D eigenvalue weighted by molar-refractivity contribution is 7.80. The summed E-state index contributed by atoms with van der Waals surface area (Å²) in [5, 5.41) is 0. The zero-order valence-corrected chi connectivity index (χ0v) is 5.92. The molecule has 43 valence electrons. The van der Waals surface area contributed by atoms with E-state index in [2.05, 4.69) is 13.8 Å². The number of rotatable bonds is 3. The van der Waals surface area contributed by atoms with E-state index in [1.165, 1.54) is 12.8 Å². The average Bonchev–Trinajstić information content (AvgIpc) is 1.61. The van der Waals surface area contributed by atoms with Gasteiger partial charge in [0.15, 0.2) is 0 Å². The van der Waals surface area contributed by atoms with Gasteiger partial charge >= 0.3 is 0 Å². The molecule has 0 saturated carbocycles. The third-order valence-corrected chi connectivity index (χ3v) is 1.21. The minimum atomic E-state index is 0.836. The lowest BCUT2D eigenvalue weighted by molar-refractivity contribution is 0.579. The molecule has 0 heterocycles. The van der Waals surface area contributed by atoms with Gasteiger partial charge in [-0.2, -0.15) is 0 Å². The summed E-state index contributed by atoms with van der Waals surface area (Å²) in [5.74, 6) is 1.76. The molecule has 0 rings (SSSR count). The molecule has 0 aliphatic heterocycles. The van der Waals surface area contributed by atoms with Gasteiger partial charge in [0, 0.05) is 5.75 Å². The number of hydrogen-bond donors (Lipinski definition) is 0. The Morgan fingerprint density at radius 2 is 2.00 bits per heavy atom. The van der Waals surface area contributed by atoms with Crippen LogP contribution in [-0.2, 0) is 0 Å². The second kappa shape index (κ2) is 4.51. The van der Waals surface area contributed by atoms with Crippen LogP contribution in [0.15, 0.2) is 0 Å². The standard InChI is InChI=1S/C6H13S/c1-6(2)4-3-5-7/h6H,3-5H2,1-2H3. The molecule has 0 atom stereocenters. The minimum Gasteiger partial charge on any atom is -0.0942 e. The Morgan fingerprint density at radius 3 is 2.14 bits per heavy atom. The van der Waals surface area contributed by atoms with Crippen molar-refractivity contribution < 1.29 is 0 Å². The maximum Gasteiger partial charge on any atom is 0.00370 e. The molecule has 1 heteroatoms. The summed E-state index contributed by atoms with van der Waals surface area (Å²) in [6.07, 6.45) is 2.51. The lowest BCUT2D eigenvalue weighted by Gasteiger charge is -1.98. The van der Waals surface area contributed by atoms with Gasteiger partial charge in [0.2, 0.25) is 0 Å². The molecule has 0 aliphatic carbocycles. The highest BCUT2D eigenvalue weighted by Crippen LogP contribution is 2.02. The first kappa shape index (κ1) is 7.35. The van der Waals surface area contributed by atoms with Gasteiger partial charge in [-0.3, -0.25) is 0 Å². The van der Waals surface area contributed by atoms with E-state index in [9.17, 15) is 0 Å². The normalized spacial score (nSPS) is 10.3. The highest BCUT2D eigenvalue weighted by Gasteiger charge is 1.89. The van der Waals surface area contributed by atoms with Crippen molar-refractivity contribution in [3.63, 3.8) is 0 Å². The molecule has 0 spiro atoms. The predicted molar refractivity (Wildman–Crippen MR) is 36.5 cm³/mol. The van der Waals surface area contributed by atoms with Crippen molar-refractivity contribution in [3.05, 3.63) is 0 Å². The third-order valence-electron chi connectivity index (χ3n) is 0.926. The fourth-order valence-electron chi connectivity index (χ4n) is 0.492.